The number of benzene rings is 2. The summed E-state index contributed by atoms with van der Waals surface area (Å²) in [7, 11) is 0. The van der Waals surface area contributed by atoms with Crippen molar-refractivity contribution in [2.24, 2.45) is 0 Å². The molecule has 0 aliphatic carbocycles. The maximum atomic E-state index is 10.9. The molecule has 2 aromatic carbocycles. The minimum absolute atomic E-state index is 0.0234. The molecule has 2 N–H and O–H groups in total. The lowest BCUT2D eigenvalue weighted by Crippen LogP contribution is -2.04. The number of rotatable bonds is 8. The van der Waals surface area contributed by atoms with E-state index in [0.29, 0.717) is 48.1 Å². The zero-order valence-electron chi connectivity index (χ0n) is 16.7. The Morgan fingerprint density at radius 1 is 1.03 bits per heavy atom. The minimum Gasteiger partial charge on any atom is -0.506 e. The number of nitrogens with one attached hydrogen (secondary N) is 1. The van der Waals surface area contributed by atoms with E-state index in [1.165, 1.54) is 0 Å². The molecule has 1 heterocycles. The van der Waals surface area contributed by atoms with Crippen molar-refractivity contribution in [3.8, 4) is 23.3 Å². The Hall–Kier alpha value is -3.66. The first kappa shape index (κ1) is 20.1. The quantitative estimate of drug-likeness (QED) is 0.425. The Bertz CT molecular complexity index is 1020. The molecule has 0 fully saturated rings. The lowest BCUT2D eigenvalue weighted by atomic mass is 10.1. The number of imidazole rings is 1. The van der Waals surface area contributed by atoms with Gasteiger partial charge in [0.05, 0.1) is 30.9 Å². The van der Waals surface area contributed by atoms with Gasteiger partial charge < -0.3 is 24.3 Å². The molecular weight excluding hydrogens is 370 g/mol. The Kier molecular flexibility index (Phi) is 6.25. The highest BCUT2D eigenvalue weighted by atomic mass is 16.5. The fraction of sp³-hybridized carbons (Fsp3) is 0.273. The van der Waals surface area contributed by atoms with Crippen LogP contribution >= 0.6 is 0 Å². The molecule has 1 aromatic heterocycles. The number of H-pyrrole nitrogens is 1. The van der Waals surface area contributed by atoms with E-state index in [4.69, 9.17) is 14.2 Å². The van der Waals surface area contributed by atoms with Crippen LogP contribution in [0.1, 0.15) is 32.2 Å². The number of aromatic nitrogens is 2. The Labute approximate surface area is 169 Å². The lowest BCUT2D eigenvalue weighted by molar-refractivity contribution is 0.260. The van der Waals surface area contributed by atoms with Crippen LogP contribution in [0.3, 0.4) is 0 Å². The van der Waals surface area contributed by atoms with E-state index in [9.17, 15) is 10.4 Å². The van der Waals surface area contributed by atoms with Gasteiger partial charge in [-0.3, -0.25) is 0 Å². The largest absolute Gasteiger partial charge is 0.506 e. The predicted molar refractivity (Wildman–Crippen MR) is 111 cm³/mol. The first-order valence-corrected chi connectivity index (χ1v) is 9.48. The summed E-state index contributed by atoms with van der Waals surface area (Å²) < 4.78 is 17.1. The summed E-state index contributed by atoms with van der Waals surface area (Å²) in [4.78, 5) is 7.48. The first-order chi connectivity index (χ1) is 14.1. The second-order valence-corrected chi connectivity index (χ2v) is 6.04. The van der Waals surface area contributed by atoms with E-state index in [1.807, 2.05) is 51.1 Å². The summed E-state index contributed by atoms with van der Waals surface area (Å²) in [6.07, 6.45) is 0. The van der Waals surface area contributed by atoms with Gasteiger partial charge in [0.15, 0.2) is 17.3 Å². The van der Waals surface area contributed by atoms with Crippen molar-refractivity contribution in [2.45, 2.75) is 20.8 Å². The zero-order chi connectivity index (χ0) is 20.8. The van der Waals surface area contributed by atoms with E-state index in [2.05, 4.69) is 9.97 Å². The van der Waals surface area contributed by atoms with Crippen LogP contribution in [0.2, 0.25) is 0 Å². The van der Waals surface area contributed by atoms with Crippen LogP contribution in [-0.4, -0.2) is 34.9 Å². The number of nitriles is 1. The molecule has 0 aliphatic rings. The molecule has 7 nitrogen and oxygen atoms in total. The highest BCUT2D eigenvalue weighted by molar-refractivity contribution is 5.94. The summed E-state index contributed by atoms with van der Waals surface area (Å²) in [6.45, 7) is 6.83. The van der Waals surface area contributed by atoms with E-state index < -0.39 is 0 Å². The van der Waals surface area contributed by atoms with Crippen LogP contribution in [0.5, 0.6) is 17.2 Å². The first-order valence-electron chi connectivity index (χ1n) is 9.48. The normalized spacial score (nSPS) is 11.7. The van der Waals surface area contributed by atoms with Crippen LogP contribution in [0.4, 0.5) is 0 Å². The molecular formula is C22H23N3O4. The van der Waals surface area contributed by atoms with Gasteiger partial charge >= 0.3 is 0 Å². The third kappa shape index (κ3) is 4.11. The fourth-order valence-corrected chi connectivity index (χ4v) is 2.96. The van der Waals surface area contributed by atoms with E-state index in [0.717, 1.165) is 5.52 Å². The van der Waals surface area contributed by atoms with Gasteiger partial charge in [-0.15, -0.1) is 0 Å². The Balaban J connectivity index is 2.16. The number of aliphatic hydroxyl groups excluding tert-OH is 1. The number of aromatic amines is 1. The summed E-state index contributed by atoms with van der Waals surface area (Å²) in [5.41, 5.74) is 1.88. The molecule has 0 atom stereocenters. The maximum Gasteiger partial charge on any atom is 0.203 e. The van der Waals surface area contributed by atoms with Crippen molar-refractivity contribution in [3.05, 3.63) is 47.8 Å². The zero-order valence-corrected chi connectivity index (χ0v) is 16.7. The SMILES string of the molecule is CCOc1cc(/C(O)=C(\C#N)c2nc3ccccc3[nH]2)cc(OCC)c1OCC. The number of fused-ring (bicyclic) bond motifs is 1. The highest BCUT2D eigenvalue weighted by Gasteiger charge is 2.20. The van der Waals surface area contributed by atoms with Crippen molar-refractivity contribution in [2.75, 3.05) is 19.8 Å². The second kappa shape index (κ2) is 9.02. The van der Waals surface area contributed by atoms with Crippen molar-refractivity contribution >= 4 is 22.4 Å². The van der Waals surface area contributed by atoms with Gasteiger partial charge in [0.25, 0.3) is 0 Å². The number of nitrogens with zero attached hydrogens (tertiary/aromatic N) is 2. The van der Waals surface area contributed by atoms with Crippen LogP contribution in [0, 0.1) is 11.3 Å². The summed E-state index contributed by atoms with van der Waals surface area (Å²) in [5, 5.41) is 20.6. The van der Waals surface area contributed by atoms with Crippen LogP contribution in [0.15, 0.2) is 36.4 Å². The summed E-state index contributed by atoms with van der Waals surface area (Å²) >= 11 is 0. The summed E-state index contributed by atoms with van der Waals surface area (Å²) in [5.74, 6) is 1.40. The average Bonchev–Trinajstić information content (AvgIpc) is 3.14. The molecule has 0 saturated heterocycles. The van der Waals surface area contributed by atoms with Crippen molar-refractivity contribution in [1.29, 1.82) is 5.26 Å². The number of hydrogen-bond donors (Lipinski definition) is 2. The van der Waals surface area contributed by atoms with Crippen molar-refractivity contribution in [1.82, 2.24) is 9.97 Å². The standard InChI is InChI=1S/C22H23N3O4/c1-4-27-18-11-14(12-19(28-5-2)21(18)29-6-3)20(26)15(13-23)22-24-16-9-7-8-10-17(16)25-22/h7-12,26H,4-6H2,1-3H3,(H,24,25)/b20-15-. The highest BCUT2D eigenvalue weighted by Crippen LogP contribution is 2.41. The van der Waals surface area contributed by atoms with Crippen LogP contribution in [-0.2, 0) is 0 Å². The second-order valence-electron chi connectivity index (χ2n) is 6.04. The summed E-state index contributed by atoms with van der Waals surface area (Å²) in [6, 6.07) is 12.7. The molecule has 0 aliphatic heterocycles. The number of para-hydroxylation sites is 2. The molecule has 29 heavy (non-hydrogen) atoms. The molecule has 0 unspecified atom stereocenters. The Morgan fingerprint density at radius 3 is 2.21 bits per heavy atom. The van der Waals surface area contributed by atoms with Gasteiger partial charge in [0.1, 0.15) is 17.4 Å². The molecule has 0 amide bonds. The van der Waals surface area contributed by atoms with Crippen LogP contribution < -0.4 is 14.2 Å². The Morgan fingerprint density at radius 2 is 1.66 bits per heavy atom. The van der Waals surface area contributed by atoms with Gasteiger partial charge in [-0.2, -0.15) is 5.26 Å². The number of hydrogen-bond acceptors (Lipinski definition) is 6. The smallest absolute Gasteiger partial charge is 0.203 e. The van der Waals surface area contributed by atoms with E-state index in [1.54, 1.807) is 12.1 Å². The molecule has 0 radical (unpaired) electrons. The van der Waals surface area contributed by atoms with E-state index >= 15 is 0 Å². The topological polar surface area (TPSA) is 100 Å². The molecule has 7 heteroatoms. The van der Waals surface area contributed by atoms with Gasteiger partial charge in [-0.05, 0) is 45.0 Å². The predicted octanol–water partition coefficient (Wildman–Crippen LogP) is 4.71. The average molecular weight is 393 g/mol. The fourth-order valence-electron chi connectivity index (χ4n) is 2.96. The van der Waals surface area contributed by atoms with Crippen molar-refractivity contribution < 1.29 is 19.3 Å². The monoisotopic (exact) mass is 393 g/mol. The van der Waals surface area contributed by atoms with Gasteiger partial charge in [0, 0.05) is 5.56 Å². The number of aliphatic hydroxyl groups is 1. The molecule has 0 saturated carbocycles. The third-order valence-corrected chi connectivity index (χ3v) is 4.16. The molecule has 3 aromatic rings. The lowest BCUT2D eigenvalue weighted by Gasteiger charge is -2.17. The maximum absolute atomic E-state index is 10.9. The molecule has 0 bridgehead atoms. The molecule has 3 rings (SSSR count). The number of allylic oxidation sites excluding steroid dienone is 1. The molecule has 0 spiro atoms. The van der Waals surface area contributed by atoms with Gasteiger partial charge in [-0.1, -0.05) is 12.1 Å². The van der Waals surface area contributed by atoms with Gasteiger partial charge in [-0.25, -0.2) is 4.98 Å². The number of ether oxygens (including phenoxy) is 3. The molecule has 150 valence electrons. The third-order valence-electron chi connectivity index (χ3n) is 4.16. The van der Waals surface area contributed by atoms with E-state index in [-0.39, 0.29) is 17.2 Å². The van der Waals surface area contributed by atoms with Gasteiger partial charge in [0.2, 0.25) is 5.75 Å². The minimum atomic E-state index is -0.225. The van der Waals surface area contributed by atoms with Crippen LogP contribution in [0.25, 0.3) is 22.4 Å². The van der Waals surface area contributed by atoms with Crippen molar-refractivity contribution in [3.63, 3.8) is 0 Å².